The number of rotatable bonds is 4. The fourth-order valence-electron chi connectivity index (χ4n) is 1.76. The summed E-state index contributed by atoms with van der Waals surface area (Å²) >= 11 is 12.0. The maximum atomic E-state index is 6.23. The van der Waals surface area contributed by atoms with E-state index in [0.29, 0.717) is 27.3 Å². The van der Waals surface area contributed by atoms with Crippen LogP contribution in [0.5, 0.6) is 0 Å². The topological polar surface area (TPSA) is 64.9 Å². The molecule has 0 atom stereocenters. The van der Waals surface area contributed by atoms with E-state index in [2.05, 4.69) is 10.1 Å². The van der Waals surface area contributed by atoms with Gasteiger partial charge in [-0.15, -0.1) is 0 Å². The molecule has 2 aromatic rings. The predicted octanol–water partition coefficient (Wildman–Crippen LogP) is 4.02. The predicted molar refractivity (Wildman–Crippen MR) is 76.2 cm³/mol. The minimum Gasteiger partial charge on any atom is -0.334 e. The highest BCUT2D eigenvalue weighted by Crippen LogP contribution is 2.31. The first-order valence-electron chi connectivity index (χ1n) is 6.08. The minimum atomic E-state index is -0.569. The van der Waals surface area contributed by atoms with Crippen molar-refractivity contribution < 1.29 is 4.52 Å². The molecule has 0 amide bonds. The van der Waals surface area contributed by atoms with E-state index in [1.807, 2.05) is 13.8 Å². The molecule has 0 bridgehead atoms. The molecule has 1 aromatic carbocycles. The third kappa shape index (κ3) is 2.76. The van der Waals surface area contributed by atoms with Gasteiger partial charge in [0.1, 0.15) is 0 Å². The summed E-state index contributed by atoms with van der Waals surface area (Å²) in [5.74, 6) is 0.854. The molecule has 1 aromatic heterocycles. The second-order valence-corrected chi connectivity index (χ2v) is 5.25. The molecular formula is C13H15Cl2N3O. The number of hydrogen-bond acceptors (Lipinski definition) is 4. The molecule has 102 valence electrons. The Kier molecular flexibility index (Phi) is 4.13. The van der Waals surface area contributed by atoms with Crippen molar-refractivity contribution in [3.63, 3.8) is 0 Å². The SMILES string of the molecule is CCC(N)(CC)c1noc(-c2ccc(Cl)cc2Cl)n1. The third-order valence-electron chi connectivity index (χ3n) is 3.29. The van der Waals surface area contributed by atoms with Gasteiger partial charge in [-0.05, 0) is 31.0 Å². The molecule has 0 unspecified atom stereocenters. The van der Waals surface area contributed by atoms with Gasteiger partial charge >= 0.3 is 0 Å². The highest BCUT2D eigenvalue weighted by Gasteiger charge is 2.29. The van der Waals surface area contributed by atoms with Gasteiger partial charge in [-0.2, -0.15) is 4.98 Å². The molecule has 0 saturated heterocycles. The summed E-state index contributed by atoms with van der Waals surface area (Å²) in [6.07, 6.45) is 1.47. The van der Waals surface area contributed by atoms with Crippen LogP contribution in [0.1, 0.15) is 32.5 Å². The van der Waals surface area contributed by atoms with Crippen molar-refractivity contribution in [2.45, 2.75) is 32.2 Å². The molecule has 0 aliphatic carbocycles. The zero-order chi connectivity index (χ0) is 14.0. The number of nitrogens with zero attached hydrogens (tertiary/aromatic N) is 2. The summed E-state index contributed by atoms with van der Waals surface area (Å²) in [4.78, 5) is 4.35. The molecule has 19 heavy (non-hydrogen) atoms. The van der Waals surface area contributed by atoms with E-state index in [-0.39, 0.29) is 0 Å². The van der Waals surface area contributed by atoms with E-state index in [0.717, 1.165) is 12.8 Å². The van der Waals surface area contributed by atoms with Crippen LogP contribution in [-0.4, -0.2) is 10.1 Å². The number of benzene rings is 1. The molecule has 0 aliphatic heterocycles. The van der Waals surface area contributed by atoms with Crippen LogP contribution in [0.15, 0.2) is 22.7 Å². The van der Waals surface area contributed by atoms with Crippen molar-refractivity contribution in [1.29, 1.82) is 0 Å². The Morgan fingerprint density at radius 2 is 1.95 bits per heavy atom. The van der Waals surface area contributed by atoms with Gasteiger partial charge in [0, 0.05) is 5.02 Å². The quantitative estimate of drug-likeness (QED) is 0.926. The monoisotopic (exact) mass is 299 g/mol. The summed E-state index contributed by atoms with van der Waals surface area (Å²) in [5, 5.41) is 5.00. The van der Waals surface area contributed by atoms with Crippen LogP contribution in [0.25, 0.3) is 11.5 Å². The van der Waals surface area contributed by atoms with E-state index in [1.54, 1.807) is 18.2 Å². The van der Waals surface area contributed by atoms with E-state index in [9.17, 15) is 0 Å². The average molecular weight is 300 g/mol. The molecule has 0 fully saturated rings. The second-order valence-electron chi connectivity index (χ2n) is 4.41. The molecule has 0 radical (unpaired) electrons. The second kappa shape index (κ2) is 5.49. The highest BCUT2D eigenvalue weighted by molar-refractivity contribution is 6.36. The number of halogens is 2. The maximum absolute atomic E-state index is 6.23. The minimum absolute atomic E-state index is 0.355. The zero-order valence-electron chi connectivity index (χ0n) is 10.8. The zero-order valence-corrected chi connectivity index (χ0v) is 12.3. The molecule has 0 aliphatic rings. The lowest BCUT2D eigenvalue weighted by Gasteiger charge is -2.21. The van der Waals surface area contributed by atoms with Crippen molar-refractivity contribution in [3.8, 4) is 11.5 Å². The van der Waals surface area contributed by atoms with Crippen molar-refractivity contribution in [2.24, 2.45) is 5.73 Å². The molecule has 2 rings (SSSR count). The first-order valence-corrected chi connectivity index (χ1v) is 6.84. The van der Waals surface area contributed by atoms with Crippen LogP contribution >= 0.6 is 23.2 Å². The lowest BCUT2D eigenvalue weighted by Crippen LogP contribution is -2.36. The Bertz CT molecular complexity index is 579. The number of aromatic nitrogens is 2. The van der Waals surface area contributed by atoms with Crippen LogP contribution in [0.2, 0.25) is 10.0 Å². The molecule has 2 N–H and O–H groups in total. The van der Waals surface area contributed by atoms with Gasteiger partial charge in [0.15, 0.2) is 5.82 Å². The largest absolute Gasteiger partial charge is 0.334 e. The first kappa shape index (κ1) is 14.3. The molecule has 1 heterocycles. The summed E-state index contributed by atoms with van der Waals surface area (Å²) in [6, 6.07) is 5.11. The molecule has 0 spiro atoms. The maximum Gasteiger partial charge on any atom is 0.259 e. The van der Waals surface area contributed by atoms with Gasteiger partial charge < -0.3 is 10.3 Å². The molecular weight excluding hydrogens is 285 g/mol. The molecule has 6 heteroatoms. The van der Waals surface area contributed by atoms with Gasteiger partial charge in [-0.25, -0.2) is 0 Å². The van der Waals surface area contributed by atoms with Gasteiger partial charge in [-0.3, -0.25) is 0 Å². The van der Waals surface area contributed by atoms with Gasteiger partial charge in [0.25, 0.3) is 5.89 Å². The fourth-order valence-corrected chi connectivity index (χ4v) is 2.25. The first-order chi connectivity index (χ1) is 9.00. The summed E-state index contributed by atoms with van der Waals surface area (Å²) in [5.41, 5.74) is 6.32. The van der Waals surface area contributed by atoms with Gasteiger partial charge in [-0.1, -0.05) is 42.2 Å². The smallest absolute Gasteiger partial charge is 0.259 e. The Hall–Kier alpha value is -1.10. The highest BCUT2D eigenvalue weighted by atomic mass is 35.5. The Balaban J connectivity index is 2.41. The fraction of sp³-hybridized carbons (Fsp3) is 0.385. The van der Waals surface area contributed by atoms with E-state index >= 15 is 0 Å². The summed E-state index contributed by atoms with van der Waals surface area (Å²) in [6.45, 7) is 3.99. The standard InChI is InChI=1S/C13H15Cl2N3O/c1-3-13(16,4-2)12-17-11(19-18-12)9-6-5-8(14)7-10(9)15/h5-7H,3-4,16H2,1-2H3. The van der Waals surface area contributed by atoms with Crippen molar-refractivity contribution in [1.82, 2.24) is 10.1 Å². The Labute approximate surface area is 121 Å². The molecule has 0 saturated carbocycles. The number of hydrogen-bond donors (Lipinski definition) is 1. The number of nitrogens with two attached hydrogens (primary N) is 1. The van der Waals surface area contributed by atoms with Crippen molar-refractivity contribution >= 4 is 23.2 Å². The lowest BCUT2D eigenvalue weighted by molar-refractivity contribution is 0.350. The van der Waals surface area contributed by atoms with E-state index in [1.165, 1.54) is 0 Å². The van der Waals surface area contributed by atoms with Gasteiger partial charge in [0.2, 0.25) is 0 Å². The van der Waals surface area contributed by atoms with Crippen LogP contribution < -0.4 is 5.73 Å². The van der Waals surface area contributed by atoms with E-state index in [4.69, 9.17) is 33.5 Å². The molecule has 4 nitrogen and oxygen atoms in total. The van der Waals surface area contributed by atoms with Crippen LogP contribution in [0.3, 0.4) is 0 Å². The Morgan fingerprint density at radius 1 is 1.26 bits per heavy atom. The van der Waals surface area contributed by atoms with Gasteiger partial charge in [0.05, 0.1) is 16.1 Å². The normalized spacial score (nSPS) is 11.8. The van der Waals surface area contributed by atoms with Crippen LogP contribution in [0.4, 0.5) is 0 Å². The summed E-state index contributed by atoms with van der Waals surface area (Å²) in [7, 11) is 0. The average Bonchev–Trinajstić information content (AvgIpc) is 2.88. The van der Waals surface area contributed by atoms with Crippen LogP contribution in [-0.2, 0) is 5.54 Å². The third-order valence-corrected chi connectivity index (χ3v) is 3.84. The van der Waals surface area contributed by atoms with E-state index < -0.39 is 5.54 Å². The van der Waals surface area contributed by atoms with Crippen molar-refractivity contribution in [3.05, 3.63) is 34.1 Å². The van der Waals surface area contributed by atoms with Crippen molar-refractivity contribution in [2.75, 3.05) is 0 Å². The van der Waals surface area contributed by atoms with Crippen LogP contribution in [0, 0.1) is 0 Å². The lowest BCUT2D eigenvalue weighted by atomic mass is 9.93. The summed E-state index contributed by atoms with van der Waals surface area (Å²) < 4.78 is 5.25. The Morgan fingerprint density at radius 3 is 2.53 bits per heavy atom.